The number of nitrogens with two attached hydrogens (primary N) is 1. The van der Waals surface area contributed by atoms with Crippen LogP contribution in [0.1, 0.15) is 10.4 Å². The van der Waals surface area contributed by atoms with Gasteiger partial charge in [-0.25, -0.2) is 0 Å². The highest BCUT2D eigenvalue weighted by Crippen LogP contribution is 2.32. The third-order valence-electron chi connectivity index (χ3n) is 2.24. The van der Waals surface area contributed by atoms with Gasteiger partial charge in [0.25, 0.3) is 11.6 Å². The molecular weight excluding hydrogens is 325 g/mol. The number of rotatable bonds is 7. The van der Waals surface area contributed by atoms with E-state index in [2.05, 4.69) is 5.32 Å². The summed E-state index contributed by atoms with van der Waals surface area (Å²) in [5.41, 5.74) is 4.39. The van der Waals surface area contributed by atoms with E-state index in [9.17, 15) is 19.7 Å². The number of nitrogens with zero attached hydrogens (tertiary/aromatic N) is 1. The van der Waals surface area contributed by atoms with Crippen LogP contribution in [0.5, 0.6) is 0 Å². The lowest BCUT2D eigenvalue weighted by molar-refractivity contribution is -0.384. The smallest absolute Gasteiger partial charge is 0.290 e. The number of nitro groups is 1. The van der Waals surface area contributed by atoms with Gasteiger partial charge in [-0.05, 0) is 6.07 Å². The highest BCUT2D eigenvalue weighted by Gasteiger charge is 2.19. The summed E-state index contributed by atoms with van der Waals surface area (Å²) in [4.78, 5) is 32.2. The van der Waals surface area contributed by atoms with Gasteiger partial charge < -0.3 is 15.8 Å². The first-order chi connectivity index (χ1) is 9.82. The zero-order valence-electron chi connectivity index (χ0n) is 10.6. The monoisotopic (exact) mass is 335 g/mol. The highest BCUT2D eigenvalue weighted by atomic mass is 35.5. The topological polar surface area (TPSA) is 125 Å². The molecule has 0 saturated carbocycles. The number of nitrogens with one attached hydrogen (secondary N) is 1. The molecule has 8 nitrogen and oxygen atoms in total. The van der Waals surface area contributed by atoms with E-state index in [4.69, 9.17) is 33.7 Å². The Labute approximate surface area is 129 Å². The van der Waals surface area contributed by atoms with E-state index in [1.807, 2.05) is 0 Å². The molecule has 0 fully saturated rings. The SMILES string of the molecule is NC(=O)COCCNC(=O)c1cc(Cl)c(Cl)c([N+](=O)[O-])c1. The zero-order chi connectivity index (χ0) is 16.0. The predicted octanol–water partition coefficient (Wildman–Crippen LogP) is 1.13. The Morgan fingerprint density at radius 2 is 2.05 bits per heavy atom. The van der Waals surface area contributed by atoms with Crippen LogP contribution in [0.2, 0.25) is 10.0 Å². The number of amides is 2. The highest BCUT2D eigenvalue weighted by molar-refractivity contribution is 6.43. The molecule has 1 aromatic rings. The Balaban J connectivity index is 2.66. The second kappa shape index (κ2) is 7.77. The number of carbonyl (C=O) groups excluding carboxylic acids is 2. The Hall–Kier alpha value is -1.90. The zero-order valence-corrected chi connectivity index (χ0v) is 12.1. The number of hydrogen-bond donors (Lipinski definition) is 2. The number of hydrogen-bond acceptors (Lipinski definition) is 5. The molecule has 0 unspecified atom stereocenters. The average molecular weight is 336 g/mol. The molecule has 0 saturated heterocycles. The van der Waals surface area contributed by atoms with E-state index in [0.717, 1.165) is 6.07 Å². The molecule has 2 amide bonds. The molecule has 1 rings (SSSR count). The van der Waals surface area contributed by atoms with Gasteiger partial charge in [-0.3, -0.25) is 19.7 Å². The van der Waals surface area contributed by atoms with E-state index >= 15 is 0 Å². The van der Waals surface area contributed by atoms with Crippen LogP contribution in [-0.4, -0.2) is 36.5 Å². The van der Waals surface area contributed by atoms with Crippen molar-refractivity contribution >= 4 is 40.7 Å². The van der Waals surface area contributed by atoms with Crippen molar-refractivity contribution in [2.24, 2.45) is 5.73 Å². The van der Waals surface area contributed by atoms with Gasteiger partial charge in [0.2, 0.25) is 5.91 Å². The lowest BCUT2D eigenvalue weighted by atomic mass is 10.2. The van der Waals surface area contributed by atoms with Crippen LogP contribution in [0.3, 0.4) is 0 Å². The van der Waals surface area contributed by atoms with Crippen LogP contribution in [0.15, 0.2) is 12.1 Å². The lowest BCUT2D eigenvalue weighted by Crippen LogP contribution is -2.28. The molecule has 0 aromatic heterocycles. The van der Waals surface area contributed by atoms with Gasteiger partial charge in [-0.15, -0.1) is 0 Å². The fraction of sp³-hybridized carbons (Fsp3) is 0.273. The van der Waals surface area contributed by atoms with Crippen molar-refractivity contribution in [3.63, 3.8) is 0 Å². The molecule has 114 valence electrons. The summed E-state index contributed by atoms with van der Waals surface area (Å²) in [6.45, 7) is -0.0909. The fourth-order valence-corrected chi connectivity index (χ4v) is 1.74. The maximum Gasteiger partial charge on any atom is 0.290 e. The summed E-state index contributed by atoms with van der Waals surface area (Å²) >= 11 is 11.4. The van der Waals surface area contributed by atoms with E-state index in [1.165, 1.54) is 6.07 Å². The minimum absolute atomic E-state index is 0.00833. The normalized spacial score (nSPS) is 10.2. The van der Waals surface area contributed by atoms with Gasteiger partial charge in [0.15, 0.2) is 0 Å². The largest absolute Gasteiger partial charge is 0.370 e. The van der Waals surface area contributed by atoms with Gasteiger partial charge >= 0.3 is 0 Å². The third kappa shape index (κ3) is 5.18. The van der Waals surface area contributed by atoms with E-state index in [0.29, 0.717) is 0 Å². The molecule has 21 heavy (non-hydrogen) atoms. The molecule has 1 aromatic carbocycles. The summed E-state index contributed by atoms with van der Waals surface area (Å²) in [6.07, 6.45) is 0. The van der Waals surface area contributed by atoms with Crippen LogP contribution in [0.4, 0.5) is 5.69 Å². The van der Waals surface area contributed by atoms with Crippen molar-refractivity contribution in [3.8, 4) is 0 Å². The molecule has 0 aliphatic carbocycles. The van der Waals surface area contributed by atoms with Gasteiger partial charge in [-0.1, -0.05) is 23.2 Å². The Morgan fingerprint density at radius 3 is 2.62 bits per heavy atom. The van der Waals surface area contributed by atoms with Crippen molar-refractivity contribution in [2.75, 3.05) is 19.8 Å². The number of benzene rings is 1. The van der Waals surface area contributed by atoms with Crippen LogP contribution < -0.4 is 11.1 Å². The van der Waals surface area contributed by atoms with Crippen LogP contribution >= 0.6 is 23.2 Å². The summed E-state index contributed by atoms with van der Waals surface area (Å²) in [7, 11) is 0. The number of primary amides is 1. The Morgan fingerprint density at radius 1 is 1.38 bits per heavy atom. The quantitative estimate of drug-likeness (QED) is 0.439. The number of carbonyl (C=O) groups is 2. The van der Waals surface area contributed by atoms with Crippen LogP contribution in [0, 0.1) is 10.1 Å². The molecule has 0 heterocycles. The fourth-order valence-electron chi connectivity index (χ4n) is 1.35. The minimum Gasteiger partial charge on any atom is -0.370 e. The molecule has 0 aliphatic rings. The summed E-state index contributed by atoms with van der Waals surface area (Å²) in [5.74, 6) is -1.21. The van der Waals surface area contributed by atoms with Crippen molar-refractivity contribution in [2.45, 2.75) is 0 Å². The van der Waals surface area contributed by atoms with Gasteiger partial charge in [0.05, 0.1) is 16.6 Å². The Bertz CT molecular complexity index is 579. The van der Waals surface area contributed by atoms with Crippen molar-refractivity contribution in [1.82, 2.24) is 5.32 Å². The first-order valence-electron chi connectivity index (χ1n) is 5.60. The molecule has 0 atom stereocenters. The third-order valence-corrected chi connectivity index (χ3v) is 3.04. The van der Waals surface area contributed by atoms with Crippen molar-refractivity contribution < 1.29 is 19.2 Å². The average Bonchev–Trinajstić information content (AvgIpc) is 2.40. The molecule has 0 bridgehead atoms. The van der Waals surface area contributed by atoms with E-state index < -0.39 is 22.4 Å². The number of halogens is 2. The van der Waals surface area contributed by atoms with E-state index in [-0.39, 0.29) is 35.4 Å². The molecule has 0 spiro atoms. The molecule has 10 heteroatoms. The Kier molecular flexibility index (Phi) is 6.35. The first kappa shape index (κ1) is 17.2. The second-order valence-corrected chi connectivity index (χ2v) is 4.61. The number of nitro benzene ring substituents is 1. The molecular formula is C11H11Cl2N3O5. The maximum atomic E-state index is 11.8. The predicted molar refractivity (Wildman–Crippen MR) is 75.5 cm³/mol. The standard InChI is InChI=1S/C11H11Cl2N3O5/c12-7-3-6(4-8(10(7)13)16(19)20)11(18)15-1-2-21-5-9(14)17/h3-4H,1-2,5H2,(H2,14,17)(H,15,18). The summed E-state index contributed by atoms with van der Waals surface area (Å²) in [5, 5.41) is 12.9. The second-order valence-electron chi connectivity index (χ2n) is 3.82. The molecule has 3 N–H and O–H groups in total. The lowest BCUT2D eigenvalue weighted by Gasteiger charge is -2.07. The van der Waals surface area contributed by atoms with Gasteiger partial charge in [-0.2, -0.15) is 0 Å². The molecule has 0 radical (unpaired) electrons. The molecule has 0 aliphatic heterocycles. The number of ether oxygens (including phenoxy) is 1. The first-order valence-corrected chi connectivity index (χ1v) is 6.36. The van der Waals surface area contributed by atoms with Crippen molar-refractivity contribution in [3.05, 3.63) is 37.9 Å². The maximum absolute atomic E-state index is 11.8. The van der Waals surface area contributed by atoms with Gasteiger partial charge in [0.1, 0.15) is 11.6 Å². The van der Waals surface area contributed by atoms with Crippen LogP contribution in [0.25, 0.3) is 0 Å². The summed E-state index contributed by atoms with van der Waals surface area (Å²) in [6, 6.07) is 2.24. The van der Waals surface area contributed by atoms with Crippen LogP contribution in [-0.2, 0) is 9.53 Å². The van der Waals surface area contributed by atoms with Gasteiger partial charge in [0, 0.05) is 18.2 Å². The minimum atomic E-state index is -0.735. The van der Waals surface area contributed by atoms with Crippen molar-refractivity contribution in [1.29, 1.82) is 0 Å². The summed E-state index contributed by atoms with van der Waals surface area (Å²) < 4.78 is 4.84. The van der Waals surface area contributed by atoms with E-state index in [1.54, 1.807) is 0 Å².